The Kier molecular flexibility index (Phi) is 8.07. The van der Waals surface area contributed by atoms with E-state index < -0.39 is 6.04 Å². The molecule has 4 fully saturated rings. The molecule has 2 heterocycles. The smallest absolute Gasteiger partial charge is 0.198 e. The first-order valence-corrected chi connectivity index (χ1v) is 15.5. The fourth-order valence-electron chi connectivity index (χ4n) is 7.14. The molecule has 2 aliphatic heterocycles. The predicted octanol–water partition coefficient (Wildman–Crippen LogP) is 5.63. The second kappa shape index (κ2) is 11.5. The number of halogens is 2. The van der Waals surface area contributed by atoms with Gasteiger partial charge in [0.15, 0.2) is 17.5 Å². The van der Waals surface area contributed by atoms with E-state index in [2.05, 4.69) is 43.2 Å². The van der Waals surface area contributed by atoms with Gasteiger partial charge in [0.2, 0.25) is 0 Å². The molecule has 10 heteroatoms. The van der Waals surface area contributed by atoms with Crippen molar-refractivity contribution in [1.29, 1.82) is 0 Å². The third kappa shape index (κ3) is 5.74. The number of fused-ring (bicyclic) bond motifs is 3. The van der Waals surface area contributed by atoms with Crippen molar-refractivity contribution >= 4 is 34.8 Å². The molecule has 0 unspecified atom stereocenters. The highest BCUT2D eigenvalue weighted by molar-refractivity contribution is 6.35. The minimum absolute atomic E-state index is 0.172. The van der Waals surface area contributed by atoms with Crippen LogP contribution in [0.3, 0.4) is 0 Å². The maximum Gasteiger partial charge on any atom is 0.198 e. The van der Waals surface area contributed by atoms with Crippen LogP contribution in [0.4, 0.5) is 5.69 Å². The molecule has 3 saturated carbocycles. The highest BCUT2D eigenvalue weighted by Crippen LogP contribution is 2.61. The van der Waals surface area contributed by atoms with Crippen LogP contribution in [-0.2, 0) is 6.42 Å². The predicted molar refractivity (Wildman–Crippen MR) is 164 cm³/mol. The average molecular weight is 603 g/mol. The number of guanidine groups is 1. The van der Waals surface area contributed by atoms with Crippen molar-refractivity contribution in [3.63, 3.8) is 0 Å². The molecule has 3 N–H and O–H groups in total. The lowest BCUT2D eigenvalue weighted by Crippen LogP contribution is -2.57. The number of piperazine rings is 1. The minimum Gasteiger partial charge on any atom is -0.394 e. The van der Waals surface area contributed by atoms with Gasteiger partial charge in [0.25, 0.3) is 0 Å². The number of nitrogens with zero attached hydrogens (tertiary/aromatic N) is 3. The molecule has 0 aromatic heterocycles. The van der Waals surface area contributed by atoms with Crippen LogP contribution in [0.15, 0.2) is 41.4 Å². The lowest BCUT2D eigenvalue weighted by molar-refractivity contribution is -0.259. The molecule has 2 aromatic rings. The van der Waals surface area contributed by atoms with Crippen molar-refractivity contribution in [1.82, 2.24) is 15.4 Å². The number of aliphatic imine (C=N–C) groups is 1. The Morgan fingerprint density at radius 2 is 1.95 bits per heavy atom. The molecule has 41 heavy (non-hydrogen) atoms. The van der Waals surface area contributed by atoms with Gasteiger partial charge in [-0.1, -0.05) is 50.0 Å². The summed E-state index contributed by atoms with van der Waals surface area (Å²) in [5, 5.41) is 19.8. The van der Waals surface area contributed by atoms with E-state index in [-0.39, 0.29) is 6.61 Å². The lowest BCUT2D eigenvalue weighted by atomic mass is 9.45. The quantitative estimate of drug-likeness (QED) is 0.292. The number of nitrogens with one attached hydrogen (secondary N) is 2. The van der Waals surface area contributed by atoms with Crippen LogP contribution in [0.2, 0.25) is 10.0 Å². The molecule has 7 rings (SSSR count). The molecule has 2 aromatic carbocycles. The summed E-state index contributed by atoms with van der Waals surface area (Å²) in [5.41, 5.74) is 2.16. The fraction of sp³-hybridized carbons (Fsp3) is 0.581. The van der Waals surface area contributed by atoms with Crippen LogP contribution in [0, 0.1) is 23.2 Å². The number of benzene rings is 2. The Labute approximate surface area is 252 Å². The zero-order valence-corrected chi connectivity index (χ0v) is 25.8. The van der Waals surface area contributed by atoms with E-state index in [1.807, 2.05) is 24.3 Å². The zero-order valence-electron chi connectivity index (χ0n) is 24.2. The molecule has 3 aliphatic carbocycles. The largest absolute Gasteiger partial charge is 0.394 e. The van der Waals surface area contributed by atoms with E-state index >= 15 is 0 Å². The van der Waals surface area contributed by atoms with Gasteiger partial charge in [-0.05, 0) is 79.2 Å². The van der Waals surface area contributed by atoms with Gasteiger partial charge in [0.05, 0.1) is 12.6 Å². The van der Waals surface area contributed by atoms with Gasteiger partial charge < -0.3 is 30.3 Å². The normalized spacial score (nSPS) is 29.7. The molecule has 2 bridgehead atoms. The zero-order chi connectivity index (χ0) is 28.9. The Morgan fingerprint density at radius 1 is 1.15 bits per heavy atom. The Bertz CT molecular complexity index is 1310. The Hall–Kier alpha value is -2.23. The van der Waals surface area contributed by atoms with Crippen molar-refractivity contribution in [2.45, 2.75) is 65.1 Å². The van der Waals surface area contributed by atoms with Gasteiger partial charge in [-0.15, -0.1) is 0 Å². The second-order valence-electron chi connectivity index (χ2n) is 12.8. The summed E-state index contributed by atoms with van der Waals surface area (Å²) in [6.45, 7) is 12.0. The van der Waals surface area contributed by atoms with Crippen molar-refractivity contribution in [3.8, 4) is 11.5 Å². The molecule has 222 valence electrons. The van der Waals surface area contributed by atoms with Crippen LogP contribution in [0.1, 0.15) is 46.1 Å². The Morgan fingerprint density at radius 3 is 2.66 bits per heavy atom. The van der Waals surface area contributed by atoms with Crippen LogP contribution >= 0.6 is 23.2 Å². The number of hydrogen-bond acceptors (Lipinski definition) is 6. The van der Waals surface area contributed by atoms with E-state index in [1.165, 1.54) is 11.6 Å². The van der Waals surface area contributed by atoms with E-state index in [1.54, 1.807) is 12.1 Å². The molecule has 6 atom stereocenters. The number of hydroxylamine groups is 2. The first-order chi connectivity index (χ1) is 19.6. The highest BCUT2D eigenvalue weighted by Gasteiger charge is 2.56. The summed E-state index contributed by atoms with van der Waals surface area (Å²) in [7, 11) is 0. The first-order valence-electron chi connectivity index (χ1n) is 14.8. The van der Waals surface area contributed by atoms with Gasteiger partial charge in [0.1, 0.15) is 6.04 Å². The number of rotatable bonds is 6. The molecule has 1 saturated heterocycles. The van der Waals surface area contributed by atoms with E-state index in [4.69, 9.17) is 37.9 Å². The molecular weight excluding hydrogens is 561 g/mol. The van der Waals surface area contributed by atoms with Gasteiger partial charge in [0, 0.05) is 52.7 Å². The summed E-state index contributed by atoms with van der Waals surface area (Å²) >= 11 is 12.4. The van der Waals surface area contributed by atoms with E-state index in [0.717, 1.165) is 55.1 Å². The second-order valence-corrected chi connectivity index (χ2v) is 13.7. The average Bonchev–Trinajstić information content (AvgIpc) is 3.36. The van der Waals surface area contributed by atoms with E-state index in [9.17, 15) is 5.11 Å². The first kappa shape index (κ1) is 28.9. The SMILES string of the molecule is C[C@@H]1[C@@H](N=C(Nc2ccc3c(c2)ON([C@H](CO)Cc2ccc(Cl)cc2Cl)O3)N2CCN[C@@H](C)C2)C[C@H]2C[C@@H]1C2(C)C. The number of aliphatic hydroxyl groups excluding tert-OH is 1. The molecular formula is C31H41Cl2N5O3. The van der Waals surface area contributed by atoms with Crippen LogP contribution < -0.4 is 20.3 Å². The van der Waals surface area contributed by atoms with Gasteiger partial charge in [-0.25, -0.2) is 4.99 Å². The summed E-state index contributed by atoms with van der Waals surface area (Å²) < 4.78 is 0. The maximum atomic E-state index is 10.1. The number of aliphatic hydroxyl groups is 1. The minimum atomic E-state index is -0.458. The topological polar surface area (TPSA) is 81.6 Å². The van der Waals surface area contributed by atoms with Crippen LogP contribution in [0.25, 0.3) is 0 Å². The lowest BCUT2D eigenvalue weighted by Gasteiger charge is -2.61. The van der Waals surface area contributed by atoms with Crippen molar-refractivity contribution in [2.24, 2.45) is 28.2 Å². The standard InChI is InChI=1S/C31H41Cl2N5O3/c1-18-16-37(10-9-34-18)30(36-27-13-21-12-25(19(27)2)31(21,3)4)35-23-7-8-28-29(15-23)41-38(40-28)24(17-39)11-20-5-6-22(32)14-26(20)33/h5-8,14-15,18-19,21,24-25,27,34,39H,9-13,16-17H2,1-4H3,(H,35,36)/t18-,19-,21+,24-,25-,27-/m0/s1. The monoisotopic (exact) mass is 601 g/mol. The van der Waals surface area contributed by atoms with Gasteiger partial charge in [-0.2, -0.15) is 0 Å². The van der Waals surface area contributed by atoms with Crippen molar-refractivity contribution in [3.05, 3.63) is 52.0 Å². The molecule has 8 nitrogen and oxygen atoms in total. The summed E-state index contributed by atoms with van der Waals surface area (Å²) in [6.07, 6.45) is 2.92. The van der Waals surface area contributed by atoms with Crippen molar-refractivity contribution in [2.75, 3.05) is 31.6 Å². The third-order valence-electron chi connectivity index (χ3n) is 9.83. The molecule has 5 aliphatic rings. The summed E-state index contributed by atoms with van der Waals surface area (Å²) in [5.74, 6) is 4.14. The molecule has 0 spiro atoms. The van der Waals surface area contributed by atoms with E-state index in [0.29, 0.717) is 51.4 Å². The summed E-state index contributed by atoms with van der Waals surface area (Å²) in [4.78, 5) is 19.8. The number of anilines is 1. The highest BCUT2D eigenvalue weighted by atomic mass is 35.5. The number of hydrogen-bond donors (Lipinski definition) is 3. The van der Waals surface area contributed by atoms with Crippen LogP contribution in [-0.4, -0.2) is 65.6 Å². The van der Waals surface area contributed by atoms with Crippen molar-refractivity contribution < 1.29 is 14.8 Å². The fourth-order valence-corrected chi connectivity index (χ4v) is 7.62. The third-order valence-corrected chi connectivity index (χ3v) is 10.4. The van der Waals surface area contributed by atoms with Crippen LogP contribution in [0.5, 0.6) is 11.5 Å². The Balaban J connectivity index is 1.19. The molecule has 0 radical (unpaired) electrons. The summed E-state index contributed by atoms with van der Waals surface area (Å²) in [6, 6.07) is 11.4. The van der Waals surface area contributed by atoms with Gasteiger partial charge in [-0.3, -0.25) is 0 Å². The van der Waals surface area contributed by atoms with Gasteiger partial charge >= 0.3 is 0 Å². The molecule has 0 amide bonds. The maximum absolute atomic E-state index is 10.1.